The summed E-state index contributed by atoms with van der Waals surface area (Å²) in [5.41, 5.74) is 5.77. The molecule has 1 heterocycles. The molecule has 4 unspecified atom stereocenters. The highest BCUT2D eigenvalue weighted by Crippen LogP contribution is 2.19. The van der Waals surface area contributed by atoms with Gasteiger partial charge in [0.05, 0.1) is 18.8 Å². The number of guanidine groups is 1. The first-order valence-electron chi connectivity index (χ1n) is 13.0. The van der Waals surface area contributed by atoms with Crippen molar-refractivity contribution in [3.63, 3.8) is 0 Å². The summed E-state index contributed by atoms with van der Waals surface area (Å²) in [6, 6.07) is -3.13. The highest BCUT2D eigenvalue weighted by molar-refractivity contribution is 5.91. The average Bonchev–Trinajstić information content (AvgIpc) is 2.85. The van der Waals surface area contributed by atoms with Crippen LogP contribution in [0.4, 0.5) is 9.59 Å². The molecule has 0 saturated carbocycles. The van der Waals surface area contributed by atoms with E-state index in [1.807, 2.05) is 13.8 Å². The minimum absolute atomic E-state index is 0.0383. The number of carbonyl (C=O) groups is 4. The second-order valence-electron chi connectivity index (χ2n) is 9.64. The zero-order chi connectivity index (χ0) is 30.4. The van der Waals surface area contributed by atoms with Gasteiger partial charge in [-0.3, -0.25) is 9.59 Å². The van der Waals surface area contributed by atoms with Crippen molar-refractivity contribution in [1.82, 2.24) is 20.9 Å². The van der Waals surface area contributed by atoms with E-state index < -0.39 is 66.2 Å². The van der Waals surface area contributed by atoms with E-state index >= 15 is 0 Å². The molecule has 4 atom stereocenters. The van der Waals surface area contributed by atoms with E-state index in [0.29, 0.717) is 19.4 Å². The molecule has 1 aliphatic heterocycles. The fraction of sp³-hybridized carbons (Fsp3) is 0.783. The molecule has 40 heavy (non-hydrogen) atoms. The van der Waals surface area contributed by atoms with Gasteiger partial charge in [-0.05, 0) is 46.5 Å². The van der Waals surface area contributed by atoms with E-state index in [4.69, 9.17) is 24.7 Å². The van der Waals surface area contributed by atoms with E-state index in [-0.39, 0.29) is 25.1 Å². The maximum absolute atomic E-state index is 13.0. The van der Waals surface area contributed by atoms with Crippen LogP contribution in [0.2, 0.25) is 0 Å². The van der Waals surface area contributed by atoms with Crippen molar-refractivity contribution in [2.24, 2.45) is 16.8 Å². The monoisotopic (exact) mass is 575 g/mol. The van der Waals surface area contributed by atoms with E-state index in [9.17, 15) is 29.3 Å². The zero-order valence-electron chi connectivity index (χ0n) is 23.7. The van der Waals surface area contributed by atoms with Crippen molar-refractivity contribution in [1.29, 1.82) is 0 Å². The van der Waals surface area contributed by atoms with Crippen molar-refractivity contribution >= 4 is 30.0 Å². The number of ether oxygens (including phenoxy) is 4. The number of carbonyl (C=O) groups excluding carboxylic acids is 4. The first kappa shape index (κ1) is 34.1. The third kappa shape index (κ3) is 12.3. The lowest BCUT2D eigenvalue weighted by Crippen LogP contribution is -2.62. The first-order valence-corrected chi connectivity index (χ1v) is 13.0. The summed E-state index contributed by atoms with van der Waals surface area (Å²) in [4.78, 5) is 62.1. The number of hydrazone groups is 1. The molecule has 0 aromatic heterocycles. The summed E-state index contributed by atoms with van der Waals surface area (Å²) in [7, 11) is 0. The number of hydrogen-bond donors (Lipinski definition) is 4. The van der Waals surface area contributed by atoms with E-state index in [1.54, 1.807) is 20.8 Å². The summed E-state index contributed by atoms with van der Waals surface area (Å²) < 4.78 is 20.5. The minimum atomic E-state index is -1.39. The average molecular weight is 576 g/mol. The van der Waals surface area contributed by atoms with Crippen molar-refractivity contribution in [3.05, 3.63) is 10.1 Å². The number of nitro groups is 1. The second-order valence-corrected chi connectivity index (χ2v) is 9.64. The van der Waals surface area contributed by atoms with Gasteiger partial charge in [0, 0.05) is 13.2 Å². The maximum Gasteiger partial charge on any atom is 0.508 e. The Morgan fingerprint density at radius 2 is 1.75 bits per heavy atom. The predicted molar refractivity (Wildman–Crippen MR) is 140 cm³/mol. The molecule has 1 rings (SSSR count). The highest BCUT2D eigenvalue weighted by Gasteiger charge is 2.36. The second kappa shape index (κ2) is 16.9. The predicted octanol–water partition coefficient (Wildman–Crippen LogP) is 0.253. The first-order chi connectivity index (χ1) is 18.7. The fourth-order valence-corrected chi connectivity index (χ4v) is 3.55. The van der Waals surface area contributed by atoms with Gasteiger partial charge in [0.15, 0.2) is 11.3 Å². The number of nitrogens with zero attached hydrogens (tertiary/aromatic N) is 3. The van der Waals surface area contributed by atoms with Crippen molar-refractivity contribution in [2.75, 3.05) is 26.4 Å². The molecule has 0 aromatic carbocycles. The Morgan fingerprint density at radius 3 is 2.33 bits per heavy atom. The molecule has 5 N–H and O–H groups in total. The Hall–Kier alpha value is -3.89. The smallest absolute Gasteiger partial charge is 0.449 e. The number of nitrogens with one attached hydrogen (secondary N) is 3. The van der Waals surface area contributed by atoms with Crippen LogP contribution in [0.15, 0.2) is 5.10 Å². The lowest BCUT2D eigenvalue weighted by molar-refractivity contribution is -0.486. The lowest BCUT2D eigenvalue weighted by Gasteiger charge is -2.41. The van der Waals surface area contributed by atoms with Crippen LogP contribution in [-0.4, -0.2) is 96.8 Å². The summed E-state index contributed by atoms with van der Waals surface area (Å²) in [6.45, 7) is 10.1. The third-order valence-corrected chi connectivity index (χ3v) is 5.32. The summed E-state index contributed by atoms with van der Waals surface area (Å²) in [6.07, 6.45) is -2.26. The number of alkyl carbamates (subject to hydrolysis) is 1. The molecule has 0 aromatic rings. The Kier molecular flexibility index (Phi) is 14.5. The van der Waals surface area contributed by atoms with Gasteiger partial charge in [0.25, 0.3) is 5.96 Å². The summed E-state index contributed by atoms with van der Waals surface area (Å²) >= 11 is 0. The highest BCUT2D eigenvalue weighted by atomic mass is 16.7. The number of piperidine rings is 1. The molecule has 17 nitrogen and oxygen atoms in total. The quantitative estimate of drug-likeness (QED) is 0.0762. The molecule has 0 spiro atoms. The van der Waals surface area contributed by atoms with Crippen LogP contribution >= 0.6 is 0 Å². The summed E-state index contributed by atoms with van der Waals surface area (Å²) in [5.74, 6) is -1.75. The largest absolute Gasteiger partial charge is 0.508 e. The van der Waals surface area contributed by atoms with Gasteiger partial charge in [0.1, 0.15) is 23.8 Å². The van der Waals surface area contributed by atoms with Gasteiger partial charge in [-0.25, -0.2) is 19.7 Å². The van der Waals surface area contributed by atoms with E-state index in [2.05, 4.69) is 21.1 Å². The molecule has 0 aliphatic carbocycles. The summed E-state index contributed by atoms with van der Waals surface area (Å²) in [5, 5.41) is 20.5. The van der Waals surface area contributed by atoms with Crippen molar-refractivity contribution in [3.8, 4) is 0 Å². The third-order valence-electron chi connectivity index (χ3n) is 5.32. The SMILES string of the molecule is CCOC1C(NC(=O)C(C)NC(=O)C(COC(=O)OC(C)C)NC(=O)OCC(C)C)CCCN1/C(N)=N/[N+](=O)[O-]. The molecule has 1 fully saturated rings. The van der Waals surface area contributed by atoms with Gasteiger partial charge >= 0.3 is 12.2 Å². The standard InChI is InChI=1S/C23H41N7O10/c1-7-37-20-16(9-8-10-29(20)21(24)28-30(35)36)26-18(31)15(6)25-19(32)17(12-39-23(34)40-14(4)5)27-22(33)38-11-13(2)3/h13-17,20H,7-12H2,1-6H3,(H2,24,28)(H,25,32)(H,26,31)(H,27,33). The van der Waals surface area contributed by atoms with Crippen LogP contribution in [0.3, 0.4) is 0 Å². The Morgan fingerprint density at radius 1 is 1.07 bits per heavy atom. The van der Waals surface area contributed by atoms with Crippen LogP contribution < -0.4 is 21.7 Å². The van der Waals surface area contributed by atoms with Crippen molar-refractivity contribution in [2.45, 2.75) is 84.8 Å². The van der Waals surface area contributed by atoms with Gasteiger partial charge in [0.2, 0.25) is 11.8 Å². The molecular weight excluding hydrogens is 534 g/mol. The molecule has 0 bridgehead atoms. The number of nitrogens with two attached hydrogens (primary N) is 1. The molecular formula is C23H41N7O10. The lowest BCUT2D eigenvalue weighted by atomic mass is 10.0. The fourth-order valence-electron chi connectivity index (χ4n) is 3.55. The number of hydrogen-bond acceptors (Lipinski definition) is 10. The Labute approximate surface area is 232 Å². The van der Waals surface area contributed by atoms with E-state index in [1.165, 1.54) is 11.8 Å². The van der Waals surface area contributed by atoms with Crippen LogP contribution in [-0.2, 0) is 28.5 Å². The van der Waals surface area contributed by atoms with Crippen LogP contribution in [0.5, 0.6) is 0 Å². The molecule has 1 saturated heterocycles. The van der Waals surface area contributed by atoms with Gasteiger partial charge in [-0.15, -0.1) is 0 Å². The van der Waals surface area contributed by atoms with E-state index in [0.717, 1.165) is 0 Å². The van der Waals surface area contributed by atoms with Gasteiger partial charge < -0.3 is 45.5 Å². The maximum atomic E-state index is 13.0. The van der Waals surface area contributed by atoms with Crippen LogP contribution in [0.25, 0.3) is 0 Å². The Balaban J connectivity index is 2.91. The van der Waals surface area contributed by atoms with Crippen LogP contribution in [0, 0.1) is 16.0 Å². The van der Waals surface area contributed by atoms with Gasteiger partial charge in [-0.2, -0.15) is 0 Å². The minimum Gasteiger partial charge on any atom is -0.449 e. The molecule has 0 radical (unpaired) electrons. The van der Waals surface area contributed by atoms with Crippen LogP contribution in [0.1, 0.15) is 54.4 Å². The number of rotatable bonds is 13. The number of likely N-dealkylation sites (tertiary alicyclic amines) is 1. The molecule has 17 heteroatoms. The molecule has 1 aliphatic rings. The molecule has 228 valence electrons. The van der Waals surface area contributed by atoms with Crippen molar-refractivity contribution < 1.29 is 43.2 Å². The van der Waals surface area contributed by atoms with Gasteiger partial charge in [-0.1, -0.05) is 13.8 Å². The Bertz CT molecular complexity index is 914. The molecule has 3 amide bonds. The number of amides is 3. The normalized spacial score (nSPS) is 18.9. The topological polar surface area (TPSA) is 226 Å². The zero-order valence-corrected chi connectivity index (χ0v) is 23.7.